The third-order valence-electron chi connectivity index (χ3n) is 2.60. The van der Waals surface area contributed by atoms with Gasteiger partial charge in [-0.05, 0) is 57.6 Å². The molecular formula is C13H12BrNOS. The lowest BCUT2D eigenvalue weighted by Gasteiger charge is -2.04. The smallest absolute Gasteiger partial charge is 0.203 e. The number of hydrogen-bond acceptors (Lipinski definition) is 3. The van der Waals surface area contributed by atoms with Gasteiger partial charge in [-0.15, -0.1) is 11.3 Å². The highest BCUT2D eigenvalue weighted by Crippen LogP contribution is 2.25. The number of carbonyl (C=O) groups is 1. The molecule has 2 rings (SSSR count). The van der Waals surface area contributed by atoms with Gasteiger partial charge in [0.05, 0.1) is 4.88 Å². The Balaban J connectivity index is 2.40. The van der Waals surface area contributed by atoms with E-state index in [2.05, 4.69) is 22.9 Å². The molecule has 1 aromatic carbocycles. The van der Waals surface area contributed by atoms with Crippen LogP contribution in [0.15, 0.2) is 34.1 Å². The van der Waals surface area contributed by atoms with Crippen LogP contribution in [0.3, 0.4) is 0 Å². The topological polar surface area (TPSA) is 43.1 Å². The first-order valence-electron chi connectivity index (χ1n) is 5.29. The normalized spacial score (nSPS) is 10.5. The van der Waals surface area contributed by atoms with Crippen molar-refractivity contribution in [2.45, 2.75) is 13.3 Å². The van der Waals surface area contributed by atoms with Crippen molar-refractivity contribution < 1.29 is 4.79 Å². The molecule has 0 saturated carbocycles. The maximum atomic E-state index is 12.3. The highest BCUT2D eigenvalue weighted by Gasteiger charge is 2.14. The molecule has 17 heavy (non-hydrogen) atoms. The van der Waals surface area contributed by atoms with Gasteiger partial charge in [0.1, 0.15) is 0 Å². The molecule has 0 atom stereocenters. The minimum atomic E-state index is 0.0672. The van der Waals surface area contributed by atoms with Crippen LogP contribution in [0.1, 0.15) is 27.7 Å². The number of nitrogens with two attached hydrogens (primary N) is 1. The first-order valence-corrected chi connectivity index (χ1v) is 6.96. The van der Waals surface area contributed by atoms with Crippen molar-refractivity contribution in [3.8, 4) is 0 Å². The van der Waals surface area contributed by atoms with E-state index in [1.54, 1.807) is 18.2 Å². The molecule has 2 nitrogen and oxygen atoms in total. The van der Waals surface area contributed by atoms with Crippen LogP contribution in [0.2, 0.25) is 0 Å². The molecule has 0 fully saturated rings. The second-order valence-corrected chi connectivity index (χ2v) is 5.46. The van der Waals surface area contributed by atoms with Gasteiger partial charge in [0.15, 0.2) is 0 Å². The van der Waals surface area contributed by atoms with E-state index in [0.29, 0.717) is 11.3 Å². The number of ketones is 1. The Hall–Kier alpha value is -1.13. The Kier molecular flexibility index (Phi) is 3.64. The van der Waals surface area contributed by atoms with E-state index in [-0.39, 0.29) is 5.78 Å². The average molecular weight is 310 g/mol. The van der Waals surface area contributed by atoms with Crippen LogP contribution in [0.5, 0.6) is 0 Å². The van der Waals surface area contributed by atoms with Crippen LogP contribution in [0, 0.1) is 0 Å². The summed E-state index contributed by atoms with van der Waals surface area (Å²) in [6, 6.07) is 7.29. The van der Waals surface area contributed by atoms with E-state index in [4.69, 9.17) is 5.73 Å². The predicted octanol–water partition coefficient (Wildman–Crippen LogP) is 3.89. The monoisotopic (exact) mass is 309 g/mol. The molecule has 0 aliphatic heterocycles. The molecule has 2 aromatic rings. The van der Waals surface area contributed by atoms with Crippen LogP contribution >= 0.6 is 27.3 Å². The van der Waals surface area contributed by atoms with Crippen molar-refractivity contribution in [3.63, 3.8) is 0 Å². The molecule has 0 saturated heterocycles. The van der Waals surface area contributed by atoms with E-state index in [9.17, 15) is 4.79 Å². The van der Waals surface area contributed by atoms with E-state index >= 15 is 0 Å². The Bertz CT molecular complexity index is 562. The number of carbonyl (C=O) groups excluding carboxylic acids is 1. The number of rotatable bonds is 3. The van der Waals surface area contributed by atoms with Crippen molar-refractivity contribution in [1.29, 1.82) is 0 Å². The van der Waals surface area contributed by atoms with Gasteiger partial charge in [0, 0.05) is 15.7 Å². The zero-order valence-corrected chi connectivity index (χ0v) is 11.8. The Morgan fingerprint density at radius 2 is 2.18 bits per heavy atom. The van der Waals surface area contributed by atoms with Gasteiger partial charge in [-0.2, -0.15) is 0 Å². The second-order valence-electron chi connectivity index (χ2n) is 3.69. The van der Waals surface area contributed by atoms with E-state index in [1.807, 2.05) is 11.4 Å². The fourth-order valence-corrected chi connectivity index (χ4v) is 2.95. The third kappa shape index (κ3) is 2.42. The Morgan fingerprint density at radius 3 is 2.82 bits per heavy atom. The molecule has 0 aliphatic rings. The van der Waals surface area contributed by atoms with Crippen molar-refractivity contribution in [1.82, 2.24) is 0 Å². The van der Waals surface area contributed by atoms with Crippen LogP contribution in [-0.4, -0.2) is 5.78 Å². The zero-order valence-electron chi connectivity index (χ0n) is 9.37. The minimum absolute atomic E-state index is 0.0672. The van der Waals surface area contributed by atoms with E-state index < -0.39 is 0 Å². The van der Waals surface area contributed by atoms with Gasteiger partial charge in [-0.25, -0.2) is 0 Å². The van der Waals surface area contributed by atoms with E-state index in [0.717, 1.165) is 21.3 Å². The first kappa shape index (κ1) is 12.3. The highest BCUT2D eigenvalue weighted by atomic mass is 79.9. The number of anilines is 1. The van der Waals surface area contributed by atoms with Gasteiger partial charge < -0.3 is 5.73 Å². The quantitative estimate of drug-likeness (QED) is 0.690. The van der Waals surface area contributed by atoms with Crippen LogP contribution in [0.25, 0.3) is 0 Å². The molecule has 4 heteroatoms. The summed E-state index contributed by atoms with van der Waals surface area (Å²) >= 11 is 4.83. The fraction of sp³-hybridized carbons (Fsp3) is 0.154. The predicted molar refractivity (Wildman–Crippen MR) is 75.7 cm³/mol. The summed E-state index contributed by atoms with van der Waals surface area (Å²) in [6.45, 7) is 2.05. The molecule has 88 valence electrons. The van der Waals surface area contributed by atoms with Gasteiger partial charge in [0.25, 0.3) is 0 Å². The number of aryl methyl sites for hydroxylation is 1. The highest BCUT2D eigenvalue weighted by molar-refractivity contribution is 9.10. The van der Waals surface area contributed by atoms with Crippen molar-refractivity contribution in [3.05, 3.63) is 50.1 Å². The maximum Gasteiger partial charge on any atom is 0.203 e. The largest absolute Gasteiger partial charge is 0.398 e. The lowest BCUT2D eigenvalue weighted by molar-refractivity contribution is 0.104. The van der Waals surface area contributed by atoms with Crippen molar-refractivity contribution >= 4 is 38.7 Å². The molecule has 1 aromatic heterocycles. The maximum absolute atomic E-state index is 12.3. The summed E-state index contributed by atoms with van der Waals surface area (Å²) < 4.78 is 0.762. The first-order chi connectivity index (χ1) is 8.13. The molecule has 0 bridgehead atoms. The van der Waals surface area contributed by atoms with Gasteiger partial charge in [-0.1, -0.05) is 6.92 Å². The summed E-state index contributed by atoms with van der Waals surface area (Å²) in [6.07, 6.45) is 0.876. The molecule has 0 radical (unpaired) electrons. The van der Waals surface area contributed by atoms with Gasteiger partial charge in [-0.3, -0.25) is 4.79 Å². The fourth-order valence-electron chi connectivity index (χ4n) is 1.61. The Morgan fingerprint density at radius 1 is 1.41 bits per heavy atom. The van der Waals surface area contributed by atoms with Gasteiger partial charge in [0.2, 0.25) is 5.78 Å². The van der Waals surface area contributed by atoms with Crippen molar-refractivity contribution in [2.24, 2.45) is 0 Å². The summed E-state index contributed by atoms with van der Waals surface area (Å²) in [5.74, 6) is 0.0672. The zero-order chi connectivity index (χ0) is 12.4. The van der Waals surface area contributed by atoms with Gasteiger partial charge >= 0.3 is 0 Å². The molecule has 0 unspecified atom stereocenters. The molecule has 0 amide bonds. The molecule has 2 N–H and O–H groups in total. The number of benzene rings is 1. The molecular weight excluding hydrogens is 298 g/mol. The average Bonchev–Trinajstić information content (AvgIpc) is 2.80. The summed E-state index contributed by atoms with van der Waals surface area (Å²) in [7, 11) is 0. The van der Waals surface area contributed by atoms with Crippen molar-refractivity contribution in [2.75, 3.05) is 5.73 Å². The van der Waals surface area contributed by atoms with E-state index in [1.165, 1.54) is 11.3 Å². The standard InChI is InChI=1S/C13H12BrNOS/c1-2-8-5-6-17-13(8)12(16)9-3-4-11(15)10(14)7-9/h3-7H,2,15H2,1H3. The van der Waals surface area contributed by atoms with Crippen LogP contribution in [0.4, 0.5) is 5.69 Å². The minimum Gasteiger partial charge on any atom is -0.398 e. The number of nitrogen functional groups attached to an aromatic ring is 1. The van der Waals surface area contributed by atoms with Crippen LogP contribution in [-0.2, 0) is 6.42 Å². The Labute approximate surface area is 113 Å². The summed E-state index contributed by atoms with van der Waals surface area (Å²) in [5.41, 5.74) is 8.12. The molecule has 0 spiro atoms. The number of hydrogen-bond donors (Lipinski definition) is 1. The summed E-state index contributed by atoms with van der Waals surface area (Å²) in [4.78, 5) is 13.1. The number of thiophene rings is 1. The lowest BCUT2D eigenvalue weighted by Crippen LogP contribution is -2.02. The molecule has 1 heterocycles. The lowest BCUT2D eigenvalue weighted by atomic mass is 10.1. The number of halogens is 1. The summed E-state index contributed by atoms with van der Waals surface area (Å²) in [5, 5.41) is 1.96. The second kappa shape index (κ2) is 5.02. The SMILES string of the molecule is CCc1ccsc1C(=O)c1ccc(N)c(Br)c1. The van der Waals surface area contributed by atoms with Crippen LogP contribution < -0.4 is 5.73 Å². The third-order valence-corrected chi connectivity index (χ3v) is 4.24. The molecule has 0 aliphatic carbocycles.